The zero-order chi connectivity index (χ0) is 21.8. The van der Waals surface area contributed by atoms with E-state index < -0.39 is 11.9 Å². The Morgan fingerprint density at radius 1 is 1.06 bits per heavy atom. The zero-order valence-electron chi connectivity index (χ0n) is 17.6. The van der Waals surface area contributed by atoms with Crippen LogP contribution in [0, 0.1) is 5.92 Å². The number of fused-ring (bicyclic) bond motifs is 1. The smallest absolute Gasteiger partial charge is 0.311 e. The van der Waals surface area contributed by atoms with Crippen molar-refractivity contribution in [3.05, 3.63) is 59.7 Å². The third-order valence-electron chi connectivity index (χ3n) is 5.74. The summed E-state index contributed by atoms with van der Waals surface area (Å²) in [6.07, 6.45) is 0.876. The Balaban J connectivity index is 1.29. The first-order chi connectivity index (χ1) is 15.0. The Morgan fingerprint density at radius 2 is 1.81 bits per heavy atom. The number of benzene rings is 2. The summed E-state index contributed by atoms with van der Waals surface area (Å²) in [5.74, 6) is -0.699. The number of ether oxygens (including phenoxy) is 2. The summed E-state index contributed by atoms with van der Waals surface area (Å²) in [5, 5.41) is 0. The highest BCUT2D eigenvalue weighted by Gasteiger charge is 2.36. The highest BCUT2D eigenvalue weighted by molar-refractivity contribution is 5.99. The minimum atomic E-state index is -0.575. The van der Waals surface area contributed by atoms with Gasteiger partial charge in [-0.2, -0.15) is 0 Å². The predicted molar refractivity (Wildman–Crippen MR) is 115 cm³/mol. The number of hydrogen-bond acceptors (Lipinski definition) is 5. The molecule has 1 atom stereocenters. The van der Waals surface area contributed by atoms with Crippen LogP contribution in [0.25, 0.3) is 0 Å². The van der Waals surface area contributed by atoms with Crippen LogP contribution in [0.4, 0.5) is 5.69 Å². The highest BCUT2D eigenvalue weighted by Crippen LogP contribution is 2.27. The molecule has 1 unspecified atom stereocenters. The van der Waals surface area contributed by atoms with Gasteiger partial charge < -0.3 is 19.3 Å². The van der Waals surface area contributed by atoms with Crippen LogP contribution in [0.3, 0.4) is 0 Å². The zero-order valence-corrected chi connectivity index (χ0v) is 17.6. The molecule has 0 bridgehead atoms. The first-order valence-electron chi connectivity index (χ1n) is 10.6. The van der Waals surface area contributed by atoms with E-state index in [-0.39, 0.29) is 31.4 Å². The van der Waals surface area contributed by atoms with Gasteiger partial charge in [0, 0.05) is 31.7 Å². The van der Waals surface area contributed by atoms with Gasteiger partial charge in [-0.15, -0.1) is 0 Å². The molecule has 0 saturated carbocycles. The molecule has 0 aromatic heterocycles. The van der Waals surface area contributed by atoms with E-state index in [4.69, 9.17) is 9.47 Å². The van der Waals surface area contributed by atoms with Gasteiger partial charge in [0.2, 0.25) is 5.91 Å². The summed E-state index contributed by atoms with van der Waals surface area (Å²) in [7, 11) is 0. The van der Waals surface area contributed by atoms with Crippen molar-refractivity contribution in [2.45, 2.75) is 26.3 Å². The normalized spacial score (nSPS) is 18.0. The van der Waals surface area contributed by atoms with Crippen molar-refractivity contribution in [3.8, 4) is 5.75 Å². The molecule has 162 valence electrons. The van der Waals surface area contributed by atoms with Crippen molar-refractivity contribution in [3.63, 3.8) is 0 Å². The van der Waals surface area contributed by atoms with Gasteiger partial charge in [-0.25, -0.2) is 0 Å². The molecule has 1 saturated heterocycles. The lowest BCUT2D eigenvalue weighted by molar-refractivity contribution is -0.155. The summed E-state index contributed by atoms with van der Waals surface area (Å²) >= 11 is 0. The van der Waals surface area contributed by atoms with Crippen molar-refractivity contribution < 1.29 is 23.9 Å². The molecule has 2 aliphatic heterocycles. The largest absolute Gasteiger partial charge is 0.494 e. The molecule has 0 spiro atoms. The molecule has 0 radical (unpaired) electrons. The summed E-state index contributed by atoms with van der Waals surface area (Å²) in [4.78, 5) is 40.7. The van der Waals surface area contributed by atoms with E-state index in [1.54, 1.807) is 34.1 Å². The van der Waals surface area contributed by atoms with E-state index in [0.717, 1.165) is 17.7 Å². The summed E-state index contributed by atoms with van der Waals surface area (Å²) in [6.45, 7) is 3.56. The lowest BCUT2D eigenvalue weighted by Crippen LogP contribution is -2.39. The minimum Gasteiger partial charge on any atom is -0.494 e. The summed E-state index contributed by atoms with van der Waals surface area (Å²) in [5.41, 5.74) is 3.09. The fraction of sp³-hybridized carbons (Fsp3) is 0.375. The van der Waals surface area contributed by atoms with Crippen LogP contribution in [-0.2, 0) is 32.1 Å². The van der Waals surface area contributed by atoms with Crippen molar-refractivity contribution in [1.82, 2.24) is 4.90 Å². The molecule has 2 aromatic rings. The van der Waals surface area contributed by atoms with Gasteiger partial charge in [0.1, 0.15) is 5.75 Å². The molecule has 31 heavy (non-hydrogen) atoms. The molecule has 7 nitrogen and oxygen atoms in total. The van der Waals surface area contributed by atoms with Crippen LogP contribution in [-0.4, -0.2) is 49.0 Å². The minimum absolute atomic E-state index is 0.0807. The summed E-state index contributed by atoms with van der Waals surface area (Å²) in [6, 6.07) is 15.2. The standard InChI is InChI=1S/C24H26N2O5/c1-2-30-21-9-7-20(8-10-21)26-15-19(13-22(26)27)24(29)31-16-23(28)25-12-11-17-5-3-4-6-18(17)14-25/h3-10,19H,2,11-16H2,1H3. The first-order valence-corrected chi connectivity index (χ1v) is 10.6. The van der Waals surface area contributed by atoms with Crippen LogP contribution in [0.2, 0.25) is 0 Å². The third kappa shape index (κ3) is 4.71. The number of hydrogen-bond donors (Lipinski definition) is 0. The van der Waals surface area contributed by atoms with Crippen molar-refractivity contribution in [2.24, 2.45) is 5.92 Å². The fourth-order valence-electron chi connectivity index (χ4n) is 4.05. The van der Waals surface area contributed by atoms with Gasteiger partial charge in [-0.05, 0) is 48.7 Å². The molecule has 2 heterocycles. The maximum atomic E-state index is 12.5. The van der Waals surface area contributed by atoms with Gasteiger partial charge in [-0.1, -0.05) is 24.3 Å². The molecule has 4 rings (SSSR count). The van der Waals surface area contributed by atoms with E-state index in [1.165, 1.54) is 5.56 Å². The fourth-order valence-corrected chi connectivity index (χ4v) is 4.05. The Labute approximate surface area is 181 Å². The molecule has 2 aromatic carbocycles. The lowest BCUT2D eigenvalue weighted by Gasteiger charge is -2.28. The second-order valence-corrected chi connectivity index (χ2v) is 7.77. The van der Waals surface area contributed by atoms with Crippen LogP contribution in [0.1, 0.15) is 24.5 Å². The van der Waals surface area contributed by atoms with Crippen LogP contribution in [0.5, 0.6) is 5.75 Å². The molecule has 0 aliphatic carbocycles. The monoisotopic (exact) mass is 422 g/mol. The average molecular weight is 422 g/mol. The average Bonchev–Trinajstić information content (AvgIpc) is 3.19. The second kappa shape index (κ2) is 9.20. The van der Waals surface area contributed by atoms with Crippen molar-refractivity contribution >= 4 is 23.5 Å². The van der Waals surface area contributed by atoms with Gasteiger partial charge in [-0.3, -0.25) is 14.4 Å². The van der Waals surface area contributed by atoms with E-state index in [0.29, 0.717) is 25.4 Å². The number of rotatable bonds is 6. The number of amides is 2. The van der Waals surface area contributed by atoms with E-state index in [2.05, 4.69) is 6.07 Å². The molecule has 1 fully saturated rings. The maximum absolute atomic E-state index is 12.5. The number of nitrogens with zero attached hydrogens (tertiary/aromatic N) is 2. The Hall–Kier alpha value is -3.35. The lowest BCUT2D eigenvalue weighted by atomic mass is 10.00. The molecule has 2 amide bonds. The highest BCUT2D eigenvalue weighted by atomic mass is 16.5. The van der Waals surface area contributed by atoms with Gasteiger partial charge >= 0.3 is 5.97 Å². The number of carbonyl (C=O) groups excluding carboxylic acids is 3. The van der Waals surface area contributed by atoms with E-state index in [1.807, 2.05) is 25.1 Å². The number of esters is 1. The molecule has 2 aliphatic rings. The molecular formula is C24H26N2O5. The van der Waals surface area contributed by atoms with Gasteiger partial charge in [0.05, 0.1) is 12.5 Å². The second-order valence-electron chi connectivity index (χ2n) is 7.77. The predicted octanol–water partition coefficient (Wildman–Crippen LogP) is 2.57. The third-order valence-corrected chi connectivity index (χ3v) is 5.74. The van der Waals surface area contributed by atoms with Crippen molar-refractivity contribution in [2.75, 3.05) is 31.2 Å². The number of carbonyl (C=O) groups is 3. The van der Waals surface area contributed by atoms with Crippen LogP contribution < -0.4 is 9.64 Å². The quantitative estimate of drug-likeness (QED) is 0.669. The molecule has 0 N–H and O–H groups in total. The first kappa shape index (κ1) is 20.9. The van der Waals surface area contributed by atoms with Gasteiger partial charge in [0.15, 0.2) is 6.61 Å². The van der Waals surface area contributed by atoms with Crippen LogP contribution >= 0.6 is 0 Å². The Kier molecular flexibility index (Phi) is 6.21. The van der Waals surface area contributed by atoms with Crippen molar-refractivity contribution in [1.29, 1.82) is 0 Å². The van der Waals surface area contributed by atoms with Crippen LogP contribution in [0.15, 0.2) is 48.5 Å². The summed E-state index contributed by atoms with van der Waals surface area (Å²) < 4.78 is 10.7. The topological polar surface area (TPSA) is 76.2 Å². The molecule has 7 heteroatoms. The molecular weight excluding hydrogens is 396 g/mol. The Bertz CT molecular complexity index is 972. The Morgan fingerprint density at radius 3 is 2.55 bits per heavy atom. The van der Waals surface area contributed by atoms with Gasteiger partial charge in [0.25, 0.3) is 5.91 Å². The maximum Gasteiger partial charge on any atom is 0.311 e. The van der Waals surface area contributed by atoms with E-state index >= 15 is 0 Å². The van der Waals surface area contributed by atoms with E-state index in [9.17, 15) is 14.4 Å². The SMILES string of the molecule is CCOc1ccc(N2CC(C(=O)OCC(=O)N3CCc4ccccc4C3)CC2=O)cc1. The number of anilines is 1.